The molecule has 0 saturated heterocycles. The van der Waals surface area contributed by atoms with Crippen molar-refractivity contribution in [3.05, 3.63) is 35.9 Å². The van der Waals surface area contributed by atoms with Crippen molar-refractivity contribution in [2.75, 3.05) is 0 Å². The van der Waals surface area contributed by atoms with Gasteiger partial charge in [-0.05, 0) is 32.8 Å². The van der Waals surface area contributed by atoms with Gasteiger partial charge in [0.05, 0.1) is 18.1 Å². The van der Waals surface area contributed by atoms with Gasteiger partial charge in [0.15, 0.2) is 0 Å². The Bertz CT molecular complexity index is 567. The molecule has 3 unspecified atom stereocenters. The summed E-state index contributed by atoms with van der Waals surface area (Å²) in [5, 5.41) is 11.8. The lowest BCUT2D eigenvalue weighted by Crippen LogP contribution is -2.58. The van der Waals surface area contributed by atoms with E-state index in [0.717, 1.165) is 5.56 Å². The van der Waals surface area contributed by atoms with Crippen molar-refractivity contribution < 1.29 is 24.2 Å². The minimum atomic E-state index is -0.897. The number of carbonyl (C=O) groups excluding carboxylic acids is 1. The lowest BCUT2D eigenvalue weighted by atomic mass is 9.74. The van der Waals surface area contributed by atoms with Gasteiger partial charge in [0.1, 0.15) is 6.61 Å². The van der Waals surface area contributed by atoms with Gasteiger partial charge in [0.2, 0.25) is 0 Å². The second kappa shape index (κ2) is 7.66. The van der Waals surface area contributed by atoms with Crippen LogP contribution in [0.3, 0.4) is 0 Å². The highest BCUT2D eigenvalue weighted by molar-refractivity contribution is 5.69. The maximum atomic E-state index is 11.9. The second-order valence-corrected chi connectivity index (χ2v) is 7.08. The zero-order valence-electron chi connectivity index (χ0n) is 14.3. The van der Waals surface area contributed by atoms with Crippen LogP contribution in [0.25, 0.3) is 0 Å². The van der Waals surface area contributed by atoms with Crippen molar-refractivity contribution in [1.29, 1.82) is 0 Å². The largest absolute Gasteiger partial charge is 0.481 e. The number of hydrogen-bond acceptors (Lipinski definition) is 4. The fourth-order valence-corrected chi connectivity index (χ4v) is 2.81. The molecule has 24 heavy (non-hydrogen) atoms. The highest BCUT2D eigenvalue weighted by Gasteiger charge is 2.45. The normalized spacial score (nSPS) is 23.2. The van der Waals surface area contributed by atoms with Gasteiger partial charge in [-0.1, -0.05) is 30.3 Å². The van der Waals surface area contributed by atoms with Crippen molar-refractivity contribution in [3.63, 3.8) is 0 Å². The number of nitrogens with one attached hydrogen (secondary N) is 1. The lowest BCUT2D eigenvalue weighted by molar-refractivity contribution is -0.156. The van der Waals surface area contributed by atoms with Gasteiger partial charge in [-0.3, -0.25) is 4.79 Å². The molecule has 6 heteroatoms. The van der Waals surface area contributed by atoms with Crippen LogP contribution in [0.4, 0.5) is 4.79 Å². The average molecular weight is 335 g/mol. The molecule has 1 aliphatic carbocycles. The first-order valence-corrected chi connectivity index (χ1v) is 8.11. The fourth-order valence-electron chi connectivity index (χ4n) is 2.81. The number of benzene rings is 1. The van der Waals surface area contributed by atoms with E-state index < -0.39 is 12.1 Å². The molecule has 0 aliphatic heterocycles. The summed E-state index contributed by atoms with van der Waals surface area (Å²) in [5.74, 6) is -1.14. The molecule has 2 rings (SSSR count). The summed E-state index contributed by atoms with van der Waals surface area (Å²) in [7, 11) is 0. The smallest absolute Gasteiger partial charge is 0.407 e. The number of rotatable bonds is 6. The van der Waals surface area contributed by atoms with Gasteiger partial charge >= 0.3 is 12.1 Å². The number of aliphatic carboxylic acids is 1. The summed E-state index contributed by atoms with van der Waals surface area (Å²) >= 11 is 0. The predicted molar refractivity (Wildman–Crippen MR) is 88.5 cm³/mol. The van der Waals surface area contributed by atoms with Crippen LogP contribution in [-0.2, 0) is 20.9 Å². The molecular weight excluding hydrogens is 310 g/mol. The average Bonchev–Trinajstić information content (AvgIpc) is 2.49. The number of alkyl carbamates (subject to hydrolysis) is 1. The quantitative estimate of drug-likeness (QED) is 0.835. The van der Waals surface area contributed by atoms with E-state index >= 15 is 0 Å². The number of carboxylic acids is 1. The van der Waals surface area contributed by atoms with Crippen molar-refractivity contribution in [2.24, 2.45) is 5.92 Å². The Morgan fingerprint density at radius 1 is 1.25 bits per heavy atom. The molecule has 0 aromatic heterocycles. The second-order valence-electron chi connectivity index (χ2n) is 7.08. The molecule has 2 N–H and O–H groups in total. The van der Waals surface area contributed by atoms with Crippen LogP contribution in [0.5, 0.6) is 0 Å². The summed E-state index contributed by atoms with van der Waals surface area (Å²) < 4.78 is 11.1. The molecule has 0 bridgehead atoms. The van der Waals surface area contributed by atoms with Crippen molar-refractivity contribution in [2.45, 2.75) is 58.0 Å². The summed E-state index contributed by atoms with van der Waals surface area (Å²) in [6.45, 7) is 5.98. The molecule has 1 saturated carbocycles. The summed E-state index contributed by atoms with van der Waals surface area (Å²) in [6.07, 6.45) is -0.144. The Labute approximate surface area is 142 Å². The number of hydrogen-bond donors (Lipinski definition) is 2. The van der Waals surface area contributed by atoms with Crippen molar-refractivity contribution in [1.82, 2.24) is 5.32 Å². The first kappa shape index (κ1) is 18.3. The van der Waals surface area contributed by atoms with Crippen LogP contribution in [-0.4, -0.2) is 34.9 Å². The monoisotopic (exact) mass is 335 g/mol. The highest BCUT2D eigenvalue weighted by Crippen LogP contribution is 2.36. The molecule has 0 heterocycles. The predicted octanol–water partition coefficient (Wildman–Crippen LogP) is 2.96. The minimum absolute atomic E-state index is 0.0373. The number of amides is 1. The zero-order chi connectivity index (χ0) is 17.7. The van der Waals surface area contributed by atoms with E-state index in [1.807, 2.05) is 51.1 Å². The summed E-state index contributed by atoms with van der Waals surface area (Å²) in [4.78, 5) is 23.0. The molecular formula is C18H25NO5. The first-order valence-electron chi connectivity index (χ1n) is 8.11. The van der Waals surface area contributed by atoms with Gasteiger partial charge in [-0.2, -0.15) is 0 Å². The van der Waals surface area contributed by atoms with Crippen molar-refractivity contribution in [3.8, 4) is 0 Å². The lowest BCUT2D eigenvalue weighted by Gasteiger charge is -2.46. The Balaban J connectivity index is 1.84. The Hall–Kier alpha value is -2.08. The van der Waals surface area contributed by atoms with Crippen LogP contribution in [0.15, 0.2) is 30.3 Å². The van der Waals surface area contributed by atoms with Crippen LogP contribution in [0.2, 0.25) is 0 Å². The highest BCUT2D eigenvalue weighted by atomic mass is 16.5. The van der Waals surface area contributed by atoms with Crippen LogP contribution >= 0.6 is 0 Å². The van der Waals surface area contributed by atoms with E-state index in [-0.39, 0.29) is 36.7 Å². The molecule has 1 aromatic carbocycles. The summed E-state index contributed by atoms with van der Waals surface area (Å²) in [6, 6.07) is 9.15. The van der Waals surface area contributed by atoms with E-state index in [0.29, 0.717) is 6.42 Å². The third-order valence-electron chi connectivity index (χ3n) is 3.91. The van der Waals surface area contributed by atoms with E-state index in [9.17, 15) is 9.59 Å². The molecule has 1 aliphatic rings. The van der Waals surface area contributed by atoms with Crippen molar-refractivity contribution >= 4 is 12.1 Å². The van der Waals surface area contributed by atoms with E-state index in [2.05, 4.69) is 5.32 Å². The minimum Gasteiger partial charge on any atom is -0.481 e. The van der Waals surface area contributed by atoms with E-state index in [1.165, 1.54) is 0 Å². The van der Waals surface area contributed by atoms with E-state index in [1.54, 1.807) is 0 Å². The molecule has 0 spiro atoms. The molecule has 1 amide bonds. The standard InChI is InChI=1S/C18H25NO5/c1-18(2,3)24-15-10-14(13(15)9-16(20)21)19-17(22)23-11-12-7-5-4-6-8-12/h4-8,13-15H,9-11H2,1-3H3,(H,19,22)(H,20,21). The topological polar surface area (TPSA) is 84.9 Å². The van der Waals surface area contributed by atoms with Crippen LogP contribution < -0.4 is 5.32 Å². The van der Waals surface area contributed by atoms with Crippen LogP contribution in [0, 0.1) is 5.92 Å². The maximum Gasteiger partial charge on any atom is 0.407 e. The summed E-state index contributed by atoms with van der Waals surface area (Å²) in [5.41, 5.74) is 0.553. The Morgan fingerprint density at radius 3 is 2.50 bits per heavy atom. The number of ether oxygens (including phenoxy) is 2. The molecule has 132 valence electrons. The van der Waals surface area contributed by atoms with Gasteiger partial charge in [-0.15, -0.1) is 0 Å². The van der Waals surface area contributed by atoms with Gasteiger partial charge in [-0.25, -0.2) is 4.79 Å². The van der Waals surface area contributed by atoms with Gasteiger partial charge in [0.25, 0.3) is 0 Å². The SMILES string of the molecule is CC(C)(C)OC1CC(NC(=O)OCc2ccccc2)C1CC(=O)O. The first-order chi connectivity index (χ1) is 11.2. The molecule has 1 aromatic rings. The maximum absolute atomic E-state index is 11.9. The Kier molecular flexibility index (Phi) is 5.83. The number of carbonyl (C=O) groups is 2. The fraction of sp³-hybridized carbons (Fsp3) is 0.556. The third kappa shape index (κ3) is 5.53. The zero-order valence-corrected chi connectivity index (χ0v) is 14.3. The van der Waals surface area contributed by atoms with Crippen LogP contribution in [0.1, 0.15) is 39.2 Å². The van der Waals surface area contributed by atoms with Gasteiger partial charge < -0.3 is 19.9 Å². The molecule has 6 nitrogen and oxygen atoms in total. The van der Waals surface area contributed by atoms with E-state index in [4.69, 9.17) is 14.6 Å². The number of carboxylic acid groups (broad SMARTS) is 1. The molecule has 1 fully saturated rings. The van der Waals surface area contributed by atoms with Gasteiger partial charge in [0, 0.05) is 12.0 Å². The molecule has 0 radical (unpaired) electrons. The third-order valence-corrected chi connectivity index (χ3v) is 3.91. The molecule has 3 atom stereocenters. The Morgan fingerprint density at radius 2 is 1.92 bits per heavy atom.